The van der Waals surface area contributed by atoms with E-state index in [1.165, 1.54) is 38.5 Å². The van der Waals surface area contributed by atoms with Crippen LogP contribution in [-0.2, 0) is 0 Å². The molecule has 2 nitrogen and oxygen atoms in total. The lowest BCUT2D eigenvalue weighted by molar-refractivity contribution is 0.331. The van der Waals surface area contributed by atoms with Gasteiger partial charge in [-0.3, -0.25) is 11.3 Å². The lowest BCUT2D eigenvalue weighted by atomic mass is 9.86. The van der Waals surface area contributed by atoms with Crippen molar-refractivity contribution in [1.29, 1.82) is 0 Å². The minimum atomic E-state index is 0.476. The van der Waals surface area contributed by atoms with Crippen molar-refractivity contribution in [3.8, 4) is 0 Å². The molecule has 0 saturated heterocycles. The summed E-state index contributed by atoms with van der Waals surface area (Å²) in [5, 5.41) is 0. The van der Waals surface area contributed by atoms with Crippen molar-refractivity contribution in [3.63, 3.8) is 0 Å². The SMILES string of the molecule is CCC(CC)C(CC1=CCCCC1)NN. The van der Waals surface area contributed by atoms with Gasteiger partial charge in [0.1, 0.15) is 0 Å². The van der Waals surface area contributed by atoms with E-state index in [-0.39, 0.29) is 0 Å². The van der Waals surface area contributed by atoms with Crippen LogP contribution in [0.4, 0.5) is 0 Å². The minimum absolute atomic E-state index is 0.476. The number of hydrazine groups is 1. The first-order valence-corrected chi connectivity index (χ1v) is 6.45. The van der Waals surface area contributed by atoms with Gasteiger partial charge in [0.25, 0.3) is 0 Å². The van der Waals surface area contributed by atoms with Crippen LogP contribution in [-0.4, -0.2) is 6.04 Å². The summed E-state index contributed by atoms with van der Waals surface area (Å²) < 4.78 is 0. The summed E-state index contributed by atoms with van der Waals surface area (Å²) in [5.74, 6) is 6.38. The number of rotatable bonds is 6. The van der Waals surface area contributed by atoms with Gasteiger partial charge in [0.05, 0.1) is 0 Å². The molecule has 1 unspecified atom stereocenters. The van der Waals surface area contributed by atoms with Gasteiger partial charge in [-0.05, 0) is 38.0 Å². The highest BCUT2D eigenvalue weighted by Crippen LogP contribution is 2.25. The second-order valence-electron chi connectivity index (χ2n) is 4.66. The van der Waals surface area contributed by atoms with Gasteiger partial charge in [0.2, 0.25) is 0 Å². The van der Waals surface area contributed by atoms with Crippen molar-refractivity contribution in [2.24, 2.45) is 11.8 Å². The Kier molecular flexibility index (Phi) is 5.96. The molecular weight excluding hydrogens is 184 g/mol. The van der Waals surface area contributed by atoms with E-state index in [0.717, 1.165) is 12.3 Å². The smallest absolute Gasteiger partial charge is 0.0275 e. The van der Waals surface area contributed by atoms with Gasteiger partial charge in [-0.1, -0.05) is 38.3 Å². The third-order valence-corrected chi connectivity index (χ3v) is 3.70. The highest BCUT2D eigenvalue weighted by Gasteiger charge is 2.18. The third-order valence-electron chi connectivity index (χ3n) is 3.70. The quantitative estimate of drug-likeness (QED) is 0.401. The summed E-state index contributed by atoms with van der Waals surface area (Å²) in [6.45, 7) is 4.52. The predicted molar refractivity (Wildman–Crippen MR) is 66.4 cm³/mol. The van der Waals surface area contributed by atoms with Crippen molar-refractivity contribution in [2.75, 3.05) is 0 Å². The monoisotopic (exact) mass is 210 g/mol. The zero-order chi connectivity index (χ0) is 11.1. The molecule has 1 aliphatic carbocycles. The number of allylic oxidation sites excluding steroid dienone is 1. The molecule has 0 aromatic heterocycles. The average Bonchev–Trinajstić information content (AvgIpc) is 2.30. The standard InChI is InChI=1S/C13H26N2/c1-3-12(4-2)13(15-14)10-11-8-6-5-7-9-11/h8,12-13,15H,3-7,9-10,14H2,1-2H3. The van der Waals surface area contributed by atoms with Crippen LogP contribution >= 0.6 is 0 Å². The fourth-order valence-corrected chi connectivity index (χ4v) is 2.59. The van der Waals surface area contributed by atoms with Crippen LogP contribution in [0.2, 0.25) is 0 Å². The zero-order valence-electron chi connectivity index (χ0n) is 10.3. The van der Waals surface area contributed by atoms with E-state index >= 15 is 0 Å². The van der Waals surface area contributed by atoms with Crippen LogP contribution in [0.15, 0.2) is 11.6 Å². The van der Waals surface area contributed by atoms with Gasteiger partial charge in [-0.25, -0.2) is 0 Å². The van der Waals surface area contributed by atoms with E-state index in [4.69, 9.17) is 5.84 Å². The molecule has 0 fully saturated rings. The van der Waals surface area contributed by atoms with Crippen LogP contribution in [0, 0.1) is 5.92 Å². The van der Waals surface area contributed by atoms with Crippen LogP contribution in [0.3, 0.4) is 0 Å². The Labute approximate surface area is 94.3 Å². The lowest BCUT2D eigenvalue weighted by Gasteiger charge is -2.26. The Morgan fingerprint density at radius 1 is 1.33 bits per heavy atom. The van der Waals surface area contributed by atoms with Crippen LogP contribution in [0.25, 0.3) is 0 Å². The first-order chi connectivity index (χ1) is 7.31. The molecule has 0 bridgehead atoms. The van der Waals surface area contributed by atoms with E-state index < -0.39 is 0 Å². The second kappa shape index (κ2) is 7.02. The van der Waals surface area contributed by atoms with Crippen molar-refractivity contribution in [1.82, 2.24) is 5.43 Å². The molecule has 1 rings (SSSR count). The molecule has 0 spiro atoms. The number of hydrogen-bond acceptors (Lipinski definition) is 2. The molecule has 15 heavy (non-hydrogen) atoms. The fraction of sp³-hybridized carbons (Fsp3) is 0.846. The zero-order valence-corrected chi connectivity index (χ0v) is 10.3. The van der Waals surface area contributed by atoms with Gasteiger partial charge in [-0.2, -0.15) is 0 Å². The number of hydrogen-bond donors (Lipinski definition) is 2. The van der Waals surface area contributed by atoms with Gasteiger partial charge >= 0.3 is 0 Å². The van der Waals surface area contributed by atoms with Crippen molar-refractivity contribution in [2.45, 2.75) is 64.8 Å². The van der Waals surface area contributed by atoms with E-state index in [9.17, 15) is 0 Å². The molecule has 0 saturated carbocycles. The molecule has 0 aromatic rings. The summed E-state index contributed by atoms with van der Waals surface area (Å²) in [6, 6.07) is 0.476. The summed E-state index contributed by atoms with van der Waals surface area (Å²) in [4.78, 5) is 0. The predicted octanol–water partition coefficient (Wildman–Crippen LogP) is 3.15. The first-order valence-electron chi connectivity index (χ1n) is 6.45. The van der Waals surface area contributed by atoms with E-state index in [1.807, 2.05) is 0 Å². The van der Waals surface area contributed by atoms with Crippen molar-refractivity contribution >= 4 is 0 Å². The maximum atomic E-state index is 5.66. The third kappa shape index (κ3) is 3.96. The Morgan fingerprint density at radius 3 is 2.53 bits per heavy atom. The van der Waals surface area contributed by atoms with E-state index in [1.54, 1.807) is 5.57 Å². The fourth-order valence-electron chi connectivity index (χ4n) is 2.59. The van der Waals surface area contributed by atoms with Crippen LogP contribution in [0.5, 0.6) is 0 Å². The molecule has 0 amide bonds. The number of nitrogens with two attached hydrogens (primary N) is 1. The Bertz CT molecular complexity index is 195. The first kappa shape index (κ1) is 12.7. The maximum Gasteiger partial charge on any atom is 0.0275 e. The normalized spacial score (nSPS) is 19.1. The van der Waals surface area contributed by atoms with Crippen molar-refractivity contribution < 1.29 is 0 Å². The van der Waals surface area contributed by atoms with Gasteiger partial charge in [0.15, 0.2) is 0 Å². The van der Waals surface area contributed by atoms with Crippen LogP contribution < -0.4 is 11.3 Å². The Balaban J connectivity index is 2.47. The van der Waals surface area contributed by atoms with Gasteiger partial charge in [0, 0.05) is 6.04 Å². The maximum absolute atomic E-state index is 5.66. The summed E-state index contributed by atoms with van der Waals surface area (Å²) in [5.41, 5.74) is 4.63. The summed E-state index contributed by atoms with van der Waals surface area (Å²) in [7, 11) is 0. The second-order valence-corrected chi connectivity index (χ2v) is 4.66. The lowest BCUT2D eigenvalue weighted by Crippen LogP contribution is -2.41. The Morgan fingerprint density at radius 2 is 2.07 bits per heavy atom. The molecular formula is C13H26N2. The average molecular weight is 210 g/mol. The van der Waals surface area contributed by atoms with Crippen molar-refractivity contribution in [3.05, 3.63) is 11.6 Å². The topological polar surface area (TPSA) is 38.0 Å². The minimum Gasteiger partial charge on any atom is -0.271 e. The van der Waals surface area contributed by atoms with Gasteiger partial charge in [-0.15, -0.1) is 0 Å². The molecule has 2 heteroatoms. The molecule has 88 valence electrons. The highest BCUT2D eigenvalue weighted by atomic mass is 15.2. The molecule has 0 radical (unpaired) electrons. The molecule has 3 N–H and O–H groups in total. The summed E-state index contributed by atoms with van der Waals surface area (Å²) >= 11 is 0. The number of nitrogens with one attached hydrogen (secondary N) is 1. The summed E-state index contributed by atoms with van der Waals surface area (Å²) in [6.07, 6.45) is 11.3. The highest BCUT2D eigenvalue weighted by molar-refractivity contribution is 5.07. The molecule has 0 heterocycles. The van der Waals surface area contributed by atoms with Gasteiger partial charge < -0.3 is 0 Å². The Hall–Kier alpha value is -0.340. The largest absolute Gasteiger partial charge is 0.271 e. The molecule has 0 aliphatic heterocycles. The van der Waals surface area contributed by atoms with Crippen LogP contribution in [0.1, 0.15) is 58.8 Å². The molecule has 1 atom stereocenters. The molecule has 1 aliphatic rings. The molecule has 0 aromatic carbocycles. The van der Waals surface area contributed by atoms with E-state index in [2.05, 4.69) is 25.3 Å². The van der Waals surface area contributed by atoms with E-state index in [0.29, 0.717) is 6.04 Å².